The molecule has 1 aliphatic heterocycles. The van der Waals surface area contributed by atoms with Crippen molar-refractivity contribution in [2.45, 2.75) is 25.6 Å². The van der Waals surface area contributed by atoms with Crippen LogP contribution in [0, 0.1) is 0 Å². The molecule has 5 nitrogen and oxygen atoms in total. The SMILES string of the molecule is COCCCOCCN1CC(C)OC(CO)C1. The van der Waals surface area contributed by atoms with Crippen molar-refractivity contribution in [3.63, 3.8) is 0 Å². The Bertz CT molecular complexity index is 191. The highest BCUT2D eigenvalue weighted by Gasteiger charge is 2.24. The van der Waals surface area contributed by atoms with Gasteiger partial charge in [0.15, 0.2) is 0 Å². The molecule has 1 rings (SSSR count). The van der Waals surface area contributed by atoms with E-state index in [1.54, 1.807) is 7.11 Å². The summed E-state index contributed by atoms with van der Waals surface area (Å²) in [5.41, 5.74) is 0. The van der Waals surface area contributed by atoms with Gasteiger partial charge in [-0.25, -0.2) is 0 Å². The molecule has 17 heavy (non-hydrogen) atoms. The van der Waals surface area contributed by atoms with E-state index in [-0.39, 0.29) is 18.8 Å². The molecule has 0 aromatic heterocycles. The topological polar surface area (TPSA) is 51.2 Å². The number of ether oxygens (including phenoxy) is 3. The molecule has 1 heterocycles. The summed E-state index contributed by atoms with van der Waals surface area (Å²) in [4.78, 5) is 2.28. The molecule has 2 atom stereocenters. The molecule has 0 aromatic carbocycles. The lowest BCUT2D eigenvalue weighted by Gasteiger charge is -2.35. The third kappa shape index (κ3) is 6.33. The van der Waals surface area contributed by atoms with Crippen molar-refractivity contribution in [1.29, 1.82) is 0 Å². The fraction of sp³-hybridized carbons (Fsp3) is 1.00. The summed E-state index contributed by atoms with van der Waals surface area (Å²) in [5, 5.41) is 9.10. The van der Waals surface area contributed by atoms with E-state index in [9.17, 15) is 0 Å². The molecule has 1 fully saturated rings. The monoisotopic (exact) mass is 247 g/mol. The van der Waals surface area contributed by atoms with Crippen molar-refractivity contribution in [2.24, 2.45) is 0 Å². The van der Waals surface area contributed by atoms with Crippen molar-refractivity contribution >= 4 is 0 Å². The van der Waals surface area contributed by atoms with Crippen molar-refractivity contribution in [1.82, 2.24) is 4.90 Å². The number of aliphatic hydroxyl groups excluding tert-OH is 1. The van der Waals surface area contributed by atoms with Crippen LogP contribution in [0.3, 0.4) is 0 Å². The second-order valence-corrected chi connectivity index (χ2v) is 4.47. The molecule has 1 N–H and O–H groups in total. The fourth-order valence-electron chi connectivity index (χ4n) is 2.03. The molecule has 0 aromatic rings. The van der Waals surface area contributed by atoms with Crippen LogP contribution in [0.4, 0.5) is 0 Å². The van der Waals surface area contributed by atoms with Crippen molar-refractivity contribution in [3.05, 3.63) is 0 Å². The predicted molar refractivity (Wildman–Crippen MR) is 65.2 cm³/mol. The Hall–Kier alpha value is -0.200. The number of aliphatic hydroxyl groups is 1. The largest absolute Gasteiger partial charge is 0.394 e. The molecular formula is C12H25NO4. The van der Waals surface area contributed by atoms with E-state index < -0.39 is 0 Å². The average Bonchev–Trinajstić information content (AvgIpc) is 2.33. The average molecular weight is 247 g/mol. The molecule has 1 saturated heterocycles. The van der Waals surface area contributed by atoms with Gasteiger partial charge >= 0.3 is 0 Å². The van der Waals surface area contributed by atoms with Crippen LogP contribution in [0.15, 0.2) is 0 Å². The van der Waals surface area contributed by atoms with Gasteiger partial charge in [0.1, 0.15) is 0 Å². The number of hydrogen-bond acceptors (Lipinski definition) is 5. The quantitative estimate of drug-likeness (QED) is 0.618. The molecule has 0 radical (unpaired) electrons. The Morgan fingerprint density at radius 2 is 2.12 bits per heavy atom. The maximum absolute atomic E-state index is 9.10. The maximum Gasteiger partial charge on any atom is 0.0936 e. The van der Waals surface area contributed by atoms with E-state index in [0.29, 0.717) is 0 Å². The minimum Gasteiger partial charge on any atom is -0.394 e. The first-order valence-electron chi connectivity index (χ1n) is 6.31. The maximum atomic E-state index is 9.10. The first-order valence-corrected chi connectivity index (χ1v) is 6.31. The number of nitrogens with zero attached hydrogens (tertiary/aromatic N) is 1. The number of morpholine rings is 1. The zero-order valence-corrected chi connectivity index (χ0v) is 10.9. The summed E-state index contributed by atoms with van der Waals surface area (Å²) in [6, 6.07) is 0. The van der Waals surface area contributed by atoms with Crippen LogP contribution in [0.1, 0.15) is 13.3 Å². The molecule has 102 valence electrons. The van der Waals surface area contributed by atoms with E-state index in [2.05, 4.69) is 4.90 Å². The second kappa shape index (κ2) is 8.83. The van der Waals surface area contributed by atoms with Gasteiger partial charge in [0.2, 0.25) is 0 Å². The predicted octanol–water partition coefficient (Wildman–Crippen LogP) is 0.121. The van der Waals surface area contributed by atoms with Crippen LogP contribution in [0.5, 0.6) is 0 Å². The van der Waals surface area contributed by atoms with Gasteiger partial charge in [0, 0.05) is 40.0 Å². The summed E-state index contributed by atoms with van der Waals surface area (Å²) in [6.45, 7) is 6.97. The minimum absolute atomic E-state index is 0.0489. The first-order chi connectivity index (χ1) is 8.26. The third-order valence-corrected chi connectivity index (χ3v) is 2.79. The third-order valence-electron chi connectivity index (χ3n) is 2.79. The van der Waals surface area contributed by atoms with Crippen LogP contribution < -0.4 is 0 Å². The molecule has 2 unspecified atom stereocenters. The van der Waals surface area contributed by atoms with Crippen molar-refractivity contribution in [3.8, 4) is 0 Å². The van der Waals surface area contributed by atoms with Crippen LogP contribution in [0.25, 0.3) is 0 Å². The van der Waals surface area contributed by atoms with Gasteiger partial charge in [0.05, 0.1) is 25.4 Å². The molecule has 0 amide bonds. The zero-order chi connectivity index (χ0) is 12.5. The Morgan fingerprint density at radius 3 is 2.82 bits per heavy atom. The molecular weight excluding hydrogens is 222 g/mol. The van der Waals surface area contributed by atoms with Gasteiger partial charge in [-0.2, -0.15) is 0 Å². The van der Waals surface area contributed by atoms with Crippen LogP contribution in [0.2, 0.25) is 0 Å². The summed E-state index contributed by atoms with van der Waals surface area (Å²) in [5.74, 6) is 0. The summed E-state index contributed by atoms with van der Waals surface area (Å²) in [6.07, 6.45) is 1.08. The lowest BCUT2D eigenvalue weighted by Crippen LogP contribution is -2.48. The highest BCUT2D eigenvalue weighted by molar-refractivity contribution is 4.74. The van der Waals surface area contributed by atoms with E-state index in [4.69, 9.17) is 19.3 Å². The van der Waals surface area contributed by atoms with Gasteiger partial charge in [-0.15, -0.1) is 0 Å². The Kier molecular flexibility index (Phi) is 7.72. The Labute approximate surface area is 104 Å². The molecule has 0 bridgehead atoms. The molecule has 0 aliphatic carbocycles. The lowest BCUT2D eigenvalue weighted by molar-refractivity contribution is -0.0987. The molecule has 5 heteroatoms. The van der Waals surface area contributed by atoms with Crippen molar-refractivity contribution in [2.75, 3.05) is 53.2 Å². The smallest absolute Gasteiger partial charge is 0.0936 e. The standard InChI is InChI=1S/C12H25NO4/c1-11-8-13(9-12(10-14)17-11)4-7-16-6-3-5-15-2/h11-12,14H,3-10H2,1-2H3. The number of hydrogen-bond donors (Lipinski definition) is 1. The van der Waals surface area contributed by atoms with Gasteiger partial charge in [-0.05, 0) is 13.3 Å². The second-order valence-electron chi connectivity index (χ2n) is 4.47. The Balaban J connectivity index is 2.05. The number of methoxy groups -OCH3 is 1. The minimum atomic E-state index is -0.0489. The summed E-state index contributed by atoms with van der Waals surface area (Å²) >= 11 is 0. The summed E-state index contributed by atoms with van der Waals surface area (Å²) < 4.78 is 16.0. The van der Waals surface area contributed by atoms with Crippen LogP contribution in [-0.2, 0) is 14.2 Å². The highest BCUT2D eigenvalue weighted by atomic mass is 16.5. The zero-order valence-electron chi connectivity index (χ0n) is 10.9. The van der Waals surface area contributed by atoms with E-state index in [0.717, 1.165) is 45.9 Å². The van der Waals surface area contributed by atoms with Gasteiger partial charge in [-0.3, -0.25) is 4.90 Å². The molecule has 0 saturated carbocycles. The van der Waals surface area contributed by atoms with Crippen LogP contribution in [-0.4, -0.2) is 75.4 Å². The molecule has 0 spiro atoms. The summed E-state index contributed by atoms with van der Waals surface area (Å²) in [7, 11) is 1.70. The normalized spacial score (nSPS) is 26.3. The van der Waals surface area contributed by atoms with Gasteiger partial charge in [0.25, 0.3) is 0 Å². The van der Waals surface area contributed by atoms with E-state index in [1.807, 2.05) is 6.92 Å². The van der Waals surface area contributed by atoms with Crippen LogP contribution >= 0.6 is 0 Å². The molecule has 1 aliphatic rings. The Morgan fingerprint density at radius 1 is 1.29 bits per heavy atom. The van der Waals surface area contributed by atoms with Gasteiger partial charge < -0.3 is 19.3 Å². The van der Waals surface area contributed by atoms with Gasteiger partial charge in [-0.1, -0.05) is 0 Å². The lowest BCUT2D eigenvalue weighted by atomic mass is 10.2. The first kappa shape index (κ1) is 14.9. The van der Waals surface area contributed by atoms with E-state index in [1.165, 1.54) is 0 Å². The van der Waals surface area contributed by atoms with E-state index >= 15 is 0 Å². The highest BCUT2D eigenvalue weighted by Crippen LogP contribution is 2.10. The number of rotatable bonds is 8. The van der Waals surface area contributed by atoms with Crippen molar-refractivity contribution < 1.29 is 19.3 Å². The fourth-order valence-corrected chi connectivity index (χ4v) is 2.03.